The van der Waals surface area contributed by atoms with Crippen molar-refractivity contribution in [3.8, 4) is 0 Å². The van der Waals surface area contributed by atoms with E-state index >= 15 is 0 Å². The van der Waals surface area contributed by atoms with Gasteiger partial charge in [-0.2, -0.15) is 0 Å². The van der Waals surface area contributed by atoms with Crippen molar-refractivity contribution < 1.29 is 14.4 Å². The Morgan fingerprint density at radius 3 is 2.39 bits per heavy atom. The van der Waals surface area contributed by atoms with Crippen molar-refractivity contribution in [2.45, 2.75) is 27.3 Å². The smallest absolute Gasteiger partial charge is 0.341 e. The Morgan fingerprint density at radius 1 is 1.03 bits per heavy atom. The highest BCUT2D eigenvalue weighted by atomic mass is 32.1. The number of carbonyl (C=O) groups is 1. The van der Waals surface area contributed by atoms with Crippen LogP contribution < -0.4 is 15.1 Å². The summed E-state index contributed by atoms with van der Waals surface area (Å²) in [5.74, 6) is 1.19. The van der Waals surface area contributed by atoms with Gasteiger partial charge in [0.15, 0.2) is 11.6 Å². The minimum atomic E-state index is -0.310. The van der Waals surface area contributed by atoms with Crippen LogP contribution in [0.3, 0.4) is 0 Å². The zero-order valence-electron chi connectivity index (χ0n) is 21.0. The number of aromatic nitrogens is 2. The third kappa shape index (κ3) is 5.05. The van der Waals surface area contributed by atoms with Crippen LogP contribution in [0.25, 0.3) is 11.0 Å². The van der Waals surface area contributed by atoms with E-state index in [1.807, 2.05) is 45.0 Å². The molecule has 0 amide bonds. The molecular weight excluding hydrogens is 470 g/mol. The molecule has 0 spiro atoms. The Kier molecular flexibility index (Phi) is 7.16. The quantitative estimate of drug-likeness (QED) is 0.370. The third-order valence-electron chi connectivity index (χ3n) is 6.72. The van der Waals surface area contributed by atoms with Gasteiger partial charge in [0.1, 0.15) is 11.5 Å². The van der Waals surface area contributed by atoms with Crippen molar-refractivity contribution in [2.24, 2.45) is 0 Å². The zero-order valence-corrected chi connectivity index (χ0v) is 21.8. The molecule has 2 aromatic heterocycles. The molecule has 0 unspecified atom stereocenters. The maximum absolute atomic E-state index is 12.8. The number of fused-ring (bicyclic) bond motifs is 1. The number of rotatable bonds is 7. The Hall–Kier alpha value is -3.49. The molecular formula is C28H32N5O2S+. The molecule has 36 heavy (non-hydrogen) atoms. The number of esters is 1. The lowest BCUT2D eigenvalue weighted by atomic mass is 10.1. The molecule has 0 aliphatic carbocycles. The molecule has 186 valence electrons. The van der Waals surface area contributed by atoms with Crippen molar-refractivity contribution in [2.75, 3.05) is 43.0 Å². The van der Waals surface area contributed by atoms with Gasteiger partial charge in [-0.3, -0.25) is 0 Å². The van der Waals surface area contributed by atoms with Gasteiger partial charge in [-0.25, -0.2) is 14.8 Å². The standard InChI is InChI=1S/C28H31N5O2S/c1-4-35-28(34)24-19(2)20(3)36-27(24)31-25-26(30-23-13-9-8-12-22(23)29-25)33-16-14-32(15-17-33)18-21-10-6-5-7-11-21/h5-13H,4,14-18H2,1-3H3,(H,29,31)/p+1. The van der Waals surface area contributed by atoms with Gasteiger partial charge in [0.25, 0.3) is 0 Å². The van der Waals surface area contributed by atoms with Gasteiger partial charge in [-0.1, -0.05) is 42.5 Å². The summed E-state index contributed by atoms with van der Waals surface area (Å²) in [7, 11) is 0. The Morgan fingerprint density at radius 2 is 1.69 bits per heavy atom. The van der Waals surface area contributed by atoms with Crippen LogP contribution in [0.5, 0.6) is 0 Å². The molecule has 8 heteroatoms. The first-order valence-electron chi connectivity index (χ1n) is 12.5. The number of thiophene rings is 1. The summed E-state index contributed by atoms with van der Waals surface area (Å²) in [5, 5.41) is 4.23. The molecule has 1 fully saturated rings. The van der Waals surface area contributed by atoms with Crippen molar-refractivity contribution in [3.05, 3.63) is 76.2 Å². The van der Waals surface area contributed by atoms with Crippen LogP contribution in [-0.4, -0.2) is 48.7 Å². The second kappa shape index (κ2) is 10.6. The van der Waals surface area contributed by atoms with Crippen LogP contribution in [0.4, 0.5) is 16.6 Å². The van der Waals surface area contributed by atoms with E-state index in [0.717, 1.165) is 65.0 Å². The van der Waals surface area contributed by atoms with Gasteiger partial charge in [-0.05, 0) is 38.5 Å². The highest BCUT2D eigenvalue weighted by Gasteiger charge is 2.27. The van der Waals surface area contributed by atoms with Crippen LogP contribution in [0.2, 0.25) is 0 Å². The number of ether oxygens (including phenoxy) is 1. The largest absolute Gasteiger partial charge is 0.462 e. The number of anilines is 3. The monoisotopic (exact) mass is 502 g/mol. The van der Waals surface area contributed by atoms with Crippen molar-refractivity contribution in [1.29, 1.82) is 0 Å². The average Bonchev–Trinajstić information content (AvgIpc) is 3.17. The molecule has 0 bridgehead atoms. The van der Waals surface area contributed by atoms with Gasteiger partial charge >= 0.3 is 5.97 Å². The van der Waals surface area contributed by atoms with Crippen LogP contribution >= 0.6 is 11.3 Å². The molecule has 0 saturated carbocycles. The number of nitrogens with zero attached hydrogens (tertiary/aromatic N) is 3. The molecule has 1 aliphatic rings. The Bertz CT molecular complexity index is 1360. The number of nitrogens with one attached hydrogen (secondary N) is 2. The zero-order chi connectivity index (χ0) is 25.1. The van der Waals surface area contributed by atoms with Crippen LogP contribution in [-0.2, 0) is 11.3 Å². The van der Waals surface area contributed by atoms with E-state index in [9.17, 15) is 4.79 Å². The Balaban J connectivity index is 1.44. The second-order valence-corrected chi connectivity index (χ2v) is 10.3. The fourth-order valence-electron chi connectivity index (χ4n) is 4.66. The van der Waals surface area contributed by atoms with Crippen LogP contribution in [0.15, 0.2) is 54.6 Å². The van der Waals surface area contributed by atoms with Gasteiger partial charge in [0.05, 0.1) is 49.4 Å². The average molecular weight is 503 g/mol. The Labute approximate surface area is 215 Å². The van der Waals surface area contributed by atoms with Crippen LogP contribution in [0, 0.1) is 13.8 Å². The summed E-state index contributed by atoms with van der Waals surface area (Å²) in [4.78, 5) is 27.7. The van der Waals surface area contributed by atoms with E-state index in [0.29, 0.717) is 18.0 Å². The number of carbonyl (C=O) groups excluding carboxylic acids is 1. The summed E-state index contributed by atoms with van der Waals surface area (Å²) in [6.45, 7) is 11.0. The van der Waals surface area contributed by atoms with E-state index in [-0.39, 0.29) is 5.97 Å². The van der Waals surface area contributed by atoms with E-state index in [1.165, 1.54) is 5.56 Å². The first-order chi connectivity index (χ1) is 17.5. The number of quaternary nitrogens is 1. The summed E-state index contributed by atoms with van der Waals surface area (Å²) < 4.78 is 5.36. The molecule has 0 atom stereocenters. The maximum atomic E-state index is 12.8. The maximum Gasteiger partial charge on any atom is 0.341 e. The predicted octanol–water partition coefficient (Wildman–Crippen LogP) is 4.13. The molecule has 2 N–H and O–H groups in total. The highest BCUT2D eigenvalue weighted by molar-refractivity contribution is 7.16. The fraction of sp³-hybridized carbons (Fsp3) is 0.321. The van der Waals surface area contributed by atoms with Gasteiger partial charge in [0, 0.05) is 10.4 Å². The van der Waals surface area contributed by atoms with Crippen molar-refractivity contribution in [3.63, 3.8) is 0 Å². The summed E-state index contributed by atoms with van der Waals surface area (Å²) >= 11 is 1.55. The molecule has 3 heterocycles. The second-order valence-electron chi connectivity index (χ2n) is 9.12. The summed E-state index contributed by atoms with van der Waals surface area (Å²) in [5.41, 5.74) is 4.57. The topological polar surface area (TPSA) is 71.8 Å². The predicted molar refractivity (Wildman–Crippen MR) is 146 cm³/mol. The lowest BCUT2D eigenvalue weighted by Gasteiger charge is -2.33. The molecule has 0 radical (unpaired) electrons. The molecule has 7 nitrogen and oxygen atoms in total. The molecule has 5 rings (SSSR count). The number of hydrogen-bond acceptors (Lipinski definition) is 7. The number of benzene rings is 2. The van der Waals surface area contributed by atoms with E-state index < -0.39 is 0 Å². The number of para-hydroxylation sites is 2. The van der Waals surface area contributed by atoms with Gasteiger partial charge < -0.3 is 19.9 Å². The fourth-order valence-corrected chi connectivity index (χ4v) is 5.71. The van der Waals surface area contributed by atoms with E-state index in [2.05, 4.69) is 40.5 Å². The first kappa shape index (κ1) is 24.2. The van der Waals surface area contributed by atoms with Crippen molar-refractivity contribution >= 4 is 45.0 Å². The molecule has 4 aromatic rings. The molecule has 1 saturated heterocycles. The summed E-state index contributed by atoms with van der Waals surface area (Å²) in [6.07, 6.45) is 0. The SMILES string of the molecule is CCOC(=O)c1c(Nc2nc3ccccc3nc2N2CC[NH+](Cc3ccccc3)CC2)sc(C)c1C. The van der Waals surface area contributed by atoms with Gasteiger partial charge in [-0.15, -0.1) is 11.3 Å². The normalized spacial score (nSPS) is 14.2. The minimum absolute atomic E-state index is 0.310. The number of hydrogen-bond donors (Lipinski definition) is 2. The van der Waals surface area contributed by atoms with Crippen LogP contribution in [0.1, 0.15) is 33.3 Å². The molecule has 1 aliphatic heterocycles. The van der Waals surface area contributed by atoms with E-state index in [1.54, 1.807) is 16.2 Å². The number of aryl methyl sites for hydroxylation is 1. The lowest BCUT2D eigenvalue weighted by molar-refractivity contribution is -0.914. The lowest BCUT2D eigenvalue weighted by Crippen LogP contribution is -3.13. The highest BCUT2D eigenvalue weighted by Crippen LogP contribution is 2.37. The number of piperazine rings is 1. The van der Waals surface area contributed by atoms with E-state index in [4.69, 9.17) is 14.7 Å². The van der Waals surface area contributed by atoms with Crippen molar-refractivity contribution in [1.82, 2.24) is 9.97 Å². The molecule has 2 aromatic carbocycles. The first-order valence-corrected chi connectivity index (χ1v) is 13.3. The third-order valence-corrected chi connectivity index (χ3v) is 7.84. The summed E-state index contributed by atoms with van der Waals surface area (Å²) in [6, 6.07) is 18.6. The minimum Gasteiger partial charge on any atom is -0.462 e. The van der Waals surface area contributed by atoms with Gasteiger partial charge in [0.2, 0.25) is 0 Å².